The third-order valence-corrected chi connectivity index (χ3v) is 3.64. The minimum absolute atomic E-state index is 0.300. The van der Waals surface area contributed by atoms with Crippen LogP contribution in [0, 0.1) is 0 Å². The van der Waals surface area contributed by atoms with Crippen molar-refractivity contribution in [2.24, 2.45) is 0 Å². The molecular weight excluding hydrogens is 308 g/mol. The zero-order valence-electron chi connectivity index (χ0n) is 14.7. The summed E-state index contributed by atoms with van der Waals surface area (Å²) in [5.41, 5.74) is 1.83. The number of ether oxygens (including phenoxy) is 2. The summed E-state index contributed by atoms with van der Waals surface area (Å²) in [5.74, 6) is -0.384. The number of hydrogen-bond acceptors (Lipinski definition) is 5. The van der Waals surface area contributed by atoms with Gasteiger partial charge in [0.05, 0.1) is 18.4 Å². The van der Waals surface area contributed by atoms with E-state index in [9.17, 15) is 9.59 Å². The minimum Gasteiger partial charge on any atom is -0.465 e. The maximum Gasteiger partial charge on any atom is 0.410 e. The molecule has 6 nitrogen and oxygen atoms in total. The molecule has 0 unspecified atom stereocenters. The lowest BCUT2D eigenvalue weighted by Crippen LogP contribution is -2.39. The molecule has 0 fully saturated rings. The fourth-order valence-corrected chi connectivity index (χ4v) is 2.45. The SMILES string of the molecule is COC(=O)c1cccnc1CC1=CCN(C(=O)OC(C)(C)C)CC1. The molecule has 0 aliphatic carbocycles. The first kappa shape index (κ1) is 18.0. The number of carbonyl (C=O) groups is 2. The number of hydrogen-bond donors (Lipinski definition) is 0. The molecule has 130 valence electrons. The molecule has 1 aromatic rings. The molecule has 0 saturated heterocycles. The van der Waals surface area contributed by atoms with Crippen LogP contribution >= 0.6 is 0 Å². The summed E-state index contributed by atoms with van der Waals surface area (Å²) in [7, 11) is 1.36. The van der Waals surface area contributed by atoms with Gasteiger partial charge >= 0.3 is 12.1 Å². The van der Waals surface area contributed by atoms with Crippen molar-refractivity contribution in [1.29, 1.82) is 0 Å². The number of carbonyl (C=O) groups excluding carboxylic acids is 2. The first-order valence-corrected chi connectivity index (χ1v) is 7.98. The fourth-order valence-electron chi connectivity index (χ4n) is 2.45. The van der Waals surface area contributed by atoms with Gasteiger partial charge in [0.25, 0.3) is 0 Å². The largest absolute Gasteiger partial charge is 0.465 e. The van der Waals surface area contributed by atoms with Crippen molar-refractivity contribution < 1.29 is 19.1 Å². The third kappa shape index (κ3) is 4.81. The number of rotatable bonds is 3. The van der Waals surface area contributed by atoms with Gasteiger partial charge in [0.1, 0.15) is 5.60 Å². The summed E-state index contributed by atoms with van der Waals surface area (Å²) in [5, 5.41) is 0. The van der Waals surface area contributed by atoms with E-state index >= 15 is 0 Å². The van der Waals surface area contributed by atoms with Gasteiger partial charge in [-0.1, -0.05) is 11.6 Å². The van der Waals surface area contributed by atoms with Gasteiger partial charge in [-0.25, -0.2) is 9.59 Å². The summed E-state index contributed by atoms with van der Waals surface area (Å²) in [6.07, 6.45) is 4.68. The van der Waals surface area contributed by atoms with E-state index in [0.29, 0.717) is 30.8 Å². The van der Waals surface area contributed by atoms with E-state index in [2.05, 4.69) is 4.98 Å². The number of esters is 1. The van der Waals surface area contributed by atoms with Gasteiger partial charge in [-0.15, -0.1) is 0 Å². The number of nitrogens with zero attached hydrogens (tertiary/aromatic N) is 2. The Bertz CT molecular complexity index is 647. The predicted octanol–water partition coefficient (Wildman–Crippen LogP) is 2.98. The molecule has 0 bridgehead atoms. The number of methoxy groups -OCH3 is 1. The molecule has 24 heavy (non-hydrogen) atoms. The second-order valence-electron chi connectivity index (χ2n) is 6.70. The van der Waals surface area contributed by atoms with Crippen LogP contribution in [0.15, 0.2) is 30.0 Å². The molecule has 2 rings (SSSR count). The van der Waals surface area contributed by atoms with Crippen molar-refractivity contribution >= 4 is 12.1 Å². The highest BCUT2D eigenvalue weighted by molar-refractivity contribution is 5.90. The van der Waals surface area contributed by atoms with Gasteiger partial charge in [0.2, 0.25) is 0 Å². The summed E-state index contributed by atoms with van der Waals surface area (Å²) in [4.78, 5) is 29.8. The molecule has 0 radical (unpaired) electrons. The van der Waals surface area contributed by atoms with Crippen molar-refractivity contribution in [2.45, 2.75) is 39.2 Å². The molecule has 1 amide bonds. The monoisotopic (exact) mass is 332 g/mol. The Kier molecular flexibility index (Phi) is 5.59. The van der Waals surface area contributed by atoms with Crippen LogP contribution in [0.3, 0.4) is 0 Å². The van der Waals surface area contributed by atoms with Crippen molar-refractivity contribution in [3.63, 3.8) is 0 Å². The normalized spacial score (nSPS) is 14.8. The van der Waals surface area contributed by atoms with Crippen molar-refractivity contribution in [3.8, 4) is 0 Å². The topological polar surface area (TPSA) is 68.7 Å². The Labute approximate surface area is 142 Å². The van der Waals surface area contributed by atoms with Gasteiger partial charge in [-0.3, -0.25) is 4.98 Å². The van der Waals surface area contributed by atoms with Gasteiger partial charge in [-0.2, -0.15) is 0 Å². The highest BCUT2D eigenvalue weighted by Gasteiger charge is 2.24. The summed E-state index contributed by atoms with van der Waals surface area (Å²) >= 11 is 0. The van der Waals surface area contributed by atoms with E-state index in [1.54, 1.807) is 23.2 Å². The summed E-state index contributed by atoms with van der Waals surface area (Å²) in [6.45, 7) is 6.66. The molecule has 1 aliphatic heterocycles. The smallest absolute Gasteiger partial charge is 0.410 e. The third-order valence-electron chi connectivity index (χ3n) is 3.64. The van der Waals surface area contributed by atoms with Crippen molar-refractivity contribution in [3.05, 3.63) is 41.2 Å². The Morgan fingerprint density at radius 3 is 2.67 bits per heavy atom. The predicted molar refractivity (Wildman–Crippen MR) is 89.8 cm³/mol. The molecule has 0 aromatic carbocycles. The lowest BCUT2D eigenvalue weighted by atomic mass is 10.00. The lowest BCUT2D eigenvalue weighted by Gasteiger charge is -2.29. The Hall–Kier alpha value is -2.37. The lowest BCUT2D eigenvalue weighted by molar-refractivity contribution is 0.0265. The molecule has 1 aromatic heterocycles. The Morgan fingerprint density at radius 1 is 1.33 bits per heavy atom. The van der Waals surface area contributed by atoms with E-state index in [-0.39, 0.29) is 12.1 Å². The number of pyridine rings is 1. The van der Waals surface area contributed by atoms with Crippen molar-refractivity contribution in [2.75, 3.05) is 20.2 Å². The zero-order chi connectivity index (χ0) is 17.7. The average Bonchev–Trinajstić information content (AvgIpc) is 2.53. The van der Waals surface area contributed by atoms with Crippen LogP contribution in [-0.2, 0) is 15.9 Å². The van der Waals surface area contributed by atoms with E-state index in [1.165, 1.54) is 7.11 Å². The molecule has 1 aliphatic rings. The van der Waals surface area contributed by atoms with E-state index < -0.39 is 5.60 Å². The standard InChI is InChI=1S/C18H24N2O4/c1-18(2,3)24-17(22)20-10-7-13(8-11-20)12-15-14(16(21)23-4)6-5-9-19-15/h5-7,9H,8,10-12H2,1-4H3. The Balaban J connectivity index is 2.02. The fraction of sp³-hybridized carbons (Fsp3) is 0.500. The van der Waals surface area contributed by atoms with E-state index in [0.717, 1.165) is 12.0 Å². The summed E-state index contributed by atoms with van der Waals surface area (Å²) < 4.78 is 10.2. The number of aromatic nitrogens is 1. The van der Waals surface area contributed by atoms with Crippen LogP contribution in [0.1, 0.15) is 43.2 Å². The van der Waals surface area contributed by atoms with Gasteiger partial charge in [0, 0.05) is 25.7 Å². The molecular formula is C18H24N2O4. The van der Waals surface area contributed by atoms with Crippen LogP contribution in [-0.4, -0.2) is 47.7 Å². The van der Waals surface area contributed by atoms with Crippen LogP contribution < -0.4 is 0 Å². The molecule has 2 heterocycles. The van der Waals surface area contributed by atoms with Gasteiger partial charge in [0.15, 0.2) is 0 Å². The zero-order valence-corrected chi connectivity index (χ0v) is 14.7. The van der Waals surface area contributed by atoms with Crippen LogP contribution in [0.5, 0.6) is 0 Å². The second kappa shape index (κ2) is 7.47. The Morgan fingerprint density at radius 2 is 2.08 bits per heavy atom. The van der Waals surface area contributed by atoms with Crippen molar-refractivity contribution in [1.82, 2.24) is 9.88 Å². The molecule has 0 saturated carbocycles. The molecule has 0 N–H and O–H groups in total. The number of amides is 1. The first-order chi connectivity index (χ1) is 11.3. The van der Waals surface area contributed by atoms with Gasteiger partial charge in [-0.05, 0) is 39.3 Å². The highest BCUT2D eigenvalue weighted by atomic mass is 16.6. The maximum atomic E-state index is 12.1. The molecule has 0 atom stereocenters. The quantitative estimate of drug-likeness (QED) is 0.629. The van der Waals surface area contributed by atoms with E-state index in [4.69, 9.17) is 9.47 Å². The van der Waals surface area contributed by atoms with Gasteiger partial charge < -0.3 is 14.4 Å². The maximum absolute atomic E-state index is 12.1. The minimum atomic E-state index is -0.496. The summed E-state index contributed by atoms with van der Waals surface area (Å²) in [6, 6.07) is 3.43. The molecule has 0 spiro atoms. The van der Waals surface area contributed by atoms with E-state index in [1.807, 2.05) is 26.8 Å². The van der Waals surface area contributed by atoms with Crippen LogP contribution in [0.2, 0.25) is 0 Å². The highest BCUT2D eigenvalue weighted by Crippen LogP contribution is 2.19. The van der Waals surface area contributed by atoms with Crippen LogP contribution in [0.25, 0.3) is 0 Å². The average molecular weight is 332 g/mol. The second-order valence-corrected chi connectivity index (χ2v) is 6.70. The van der Waals surface area contributed by atoms with Crippen LogP contribution in [0.4, 0.5) is 4.79 Å². The molecule has 6 heteroatoms. The first-order valence-electron chi connectivity index (χ1n) is 7.98.